The third kappa shape index (κ3) is 10.4. The smallest absolute Gasteiger partial charge is 0.408 e. The van der Waals surface area contributed by atoms with E-state index >= 15 is 0 Å². The normalized spacial score (nSPS) is 12.8. The fraction of sp³-hybridized carbons (Fsp3) is 0.500. The molecule has 0 bridgehead atoms. The quantitative estimate of drug-likeness (QED) is 0.246. The number of carbonyl (C=O) groups excluding carboxylic acids is 3. The van der Waals surface area contributed by atoms with Gasteiger partial charge in [0.15, 0.2) is 0 Å². The molecular formula is C34H49N3O4. The van der Waals surface area contributed by atoms with Crippen LogP contribution in [0.2, 0.25) is 0 Å². The maximum absolute atomic E-state index is 14.4. The van der Waals surface area contributed by atoms with Crippen LogP contribution in [-0.2, 0) is 14.3 Å². The molecule has 0 fully saturated rings. The van der Waals surface area contributed by atoms with Crippen LogP contribution in [0.25, 0.3) is 6.08 Å². The number of unbranched alkanes of at least 4 members (excludes halogenated alkanes) is 2. The summed E-state index contributed by atoms with van der Waals surface area (Å²) in [6.45, 7) is 19.6. The zero-order valence-electron chi connectivity index (χ0n) is 26.2. The third-order valence-corrected chi connectivity index (χ3v) is 6.73. The standard InChI is InChI=1S/C34H49N3O4/c1-10-12-13-20-37(32(39)28(21-23(3)4)35-33(40)41-34(7,8)9)30(27-19-15-18-26(11-2)22-27)31(38)36-29-24(5)16-14-17-25(29)6/h11,14-19,22-23,28,30H,2,10,12-13,20-21H2,1,3-9H3,(H,35,40)(H,36,38). The molecule has 0 aliphatic heterocycles. The molecule has 2 rings (SSSR count). The summed E-state index contributed by atoms with van der Waals surface area (Å²) in [5, 5.41) is 5.93. The van der Waals surface area contributed by atoms with Gasteiger partial charge in [-0.25, -0.2) is 4.79 Å². The van der Waals surface area contributed by atoms with Crippen LogP contribution in [0.3, 0.4) is 0 Å². The molecular weight excluding hydrogens is 514 g/mol. The number of ether oxygens (including phenoxy) is 1. The minimum absolute atomic E-state index is 0.113. The Morgan fingerprint density at radius 2 is 1.66 bits per heavy atom. The molecule has 224 valence electrons. The number of nitrogens with zero attached hydrogens (tertiary/aromatic N) is 1. The van der Waals surface area contributed by atoms with Crippen molar-refractivity contribution in [1.29, 1.82) is 0 Å². The monoisotopic (exact) mass is 563 g/mol. The van der Waals surface area contributed by atoms with E-state index in [0.717, 1.165) is 41.6 Å². The van der Waals surface area contributed by atoms with Crippen molar-refractivity contribution in [1.82, 2.24) is 10.2 Å². The fourth-order valence-electron chi connectivity index (χ4n) is 4.77. The van der Waals surface area contributed by atoms with Gasteiger partial charge in [0.2, 0.25) is 5.91 Å². The molecule has 0 aromatic heterocycles. The Balaban J connectivity index is 2.62. The molecule has 0 aliphatic carbocycles. The highest BCUT2D eigenvalue weighted by molar-refractivity contribution is 6.00. The molecule has 0 spiro atoms. The zero-order chi connectivity index (χ0) is 30.7. The van der Waals surface area contributed by atoms with Gasteiger partial charge in [-0.3, -0.25) is 9.59 Å². The zero-order valence-corrected chi connectivity index (χ0v) is 26.2. The first kappa shape index (κ1) is 33.6. The molecule has 2 N–H and O–H groups in total. The first-order valence-electron chi connectivity index (χ1n) is 14.7. The van der Waals surface area contributed by atoms with Gasteiger partial charge in [0.25, 0.3) is 5.91 Å². The molecule has 0 radical (unpaired) electrons. The number of carbonyl (C=O) groups is 3. The second-order valence-corrected chi connectivity index (χ2v) is 12.1. The van der Waals surface area contributed by atoms with Crippen LogP contribution in [0.1, 0.15) is 95.5 Å². The Bertz CT molecular complexity index is 1180. The van der Waals surface area contributed by atoms with Crippen molar-refractivity contribution >= 4 is 29.7 Å². The van der Waals surface area contributed by atoms with Crippen molar-refractivity contribution in [2.75, 3.05) is 11.9 Å². The molecule has 7 heteroatoms. The largest absolute Gasteiger partial charge is 0.444 e. The summed E-state index contributed by atoms with van der Waals surface area (Å²) >= 11 is 0. The topological polar surface area (TPSA) is 87.7 Å². The number of hydrogen-bond acceptors (Lipinski definition) is 4. The van der Waals surface area contributed by atoms with Crippen molar-refractivity contribution in [2.24, 2.45) is 5.92 Å². The average molecular weight is 564 g/mol. The van der Waals surface area contributed by atoms with Crippen LogP contribution in [0.4, 0.5) is 10.5 Å². The van der Waals surface area contributed by atoms with Crippen molar-refractivity contribution in [3.05, 3.63) is 71.3 Å². The van der Waals surface area contributed by atoms with Crippen molar-refractivity contribution < 1.29 is 19.1 Å². The van der Waals surface area contributed by atoms with E-state index in [9.17, 15) is 14.4 Å². The number of para-hydroxylation sites is 1. The summed E-state index contributed by atoms with van der Waals surface area (Å²) in [5.74, 6) is -0.511. The lowest BCUT2D eigenvalue weighted by Crippen LogP contribution is -2.53. The first-order valence-corrected chi connectivity index (χ1v) is 14.7. The van der Waals surface area contributed by atoms with Gasteiger partial charge < -0.3 is 20.3 Å². The van der Waals surface area contributed by atoms with Crippen molar-refractivity contribution in [2.45, 2.75) is 98.8 Å². The molecule has 2 unspecified atom stereocenters. The van der Waals surface area contributed by atoms with Crippen LogP contribution in [0, 0.1) is 19.8 Å². The minimum atomic E-state index is -0.923. The lowest BCUT2D eigenvalue weighted by molar-refractivity contribution is -0.141. The van der Waals surface area contributed by atoms with E-state index in [0.29, 0.717) is 18.5 Å². The van der Waals surface area contributed by atoms with E-state index in [-0.39, 0.29) is 17.7 Å². The number of amides is 3. The number of aryl methyl sites for hydroxylation is 2. The van der Waals surface area contributed by atoms with Gasteiger partial charge in [0.1, 0.15) is 17.7 Å². The predicted molar refractivity (Wildman–Crippen MR) is 168 cm³/mol. The van der Waals surface area contributed by atoms with E-state index in [1.165, 1.54) is 0 Å². The Morgan fingerprint density at radius 3 is 2.22 bits per heavy atom. The SMILES string of the molecule is C=Cc1cccc(C(C(=O)Nc2c(C)cccc2C)N(CCCCC)C(=O)C(CC(C)C)NC(=O)OC(C)(C)C)c1. The highest BCUT2D eigenvalue weighted by atomic mass is 16.6. The van der Waals surface area contributed by atoms with Crippen LogP contribution in [0.15, 0.2) is 49.0 Å². The maximum Gasteiger partial charge on any atom is 0.408 e. The van der Waals surface area contributed by atoms with Gasteiger partial charge >= 0.3 is 6.09 Å². The van der Waals surface area contributed by atoms with E-state index < -0.39 is 23.8 Å². The van der Waals surface area contributed by atoms with Gasteiger partial charge in [-0.15, -0.1) is 0 Å². The molecule has 41 heavy (non-hydrogen) atoms. The van der Waals surface area contributed by atoms with Crippen molar-refractivity contribution in [3.63, 3.8) is 0 Å². The number of rotatable bonds is 13. The third-order valence-electron chi connectivity index (χ3n) is 6.73. The molecule has 7 nitrogen and oxygen atoms in total. The van der Waals surface area contributed by atoms with Crippen molar-refractivity contribution in [3.8, 4) is 0 Å². The second kappa shape index (κ2) is 15.4. The Hall–Kier alpha value is -3.61. The summed E-state index contributed by atoms with van der Waals surface area (Å²) in [5.41, 5.74) is 3.41. The summed E-state index contributed by atoms with van der Waals surface area (Å²) in [6.07, 6.45) is 4.04. The second-order valence-electron chi connectivity index (χ2n) is 12.1. The Kier molecular flexibility index (Phi) is 12.6. The van der Waals surface area contributed by atoms with Gasteiger partial charge in [0, 0.05) is 12.2 Å². The lowest BCUT2D eigenvalue weighted by Gasteiger charge is -2.35. The molecule has 0 aliphatic rings. The van der Waals surface area contributed by atoms with E-state index in [1.807, 2.05) is 70.2 Å². The maximum atomic E-state index is 14.4. The summed E-state index contributed by atoms with van der Waals surface area (Å²) < 4.78 is 5.50. The van der Waals surface area contributed by atoms with E-state index in [2.05, 4.69) is 24.1 Å². The van der Waals surface area contributed by atoms with Gasteiger partial charge in [0.05, 0.1) is 0 Å². The van der Waals surface area contributed by atoms with Gasteiger partial charge in [-0.1, -0.05) is 82.7 Å². The number of nitrogens with one attached hydrogen (secondary N) is 2. The molecule has 0 saturated heterocycles. The molecule has 2 atom stereocenters. The van der Waals surface area contributed by atoms with Crippen LogP contribution in [-0.4, -0.2) is 41.0 Å². The number of hydrogen-bond donors (Lipinski definition) is 2. The average Bonchev–Trinajstić information content (AvgIpc) is 2.88. The molecule has 3 amide bonds. The number of anilines is 1. The number of alkyl carbamates (subject to hydrolysis) is 1. The number of benzene rings is 2. The first-order chi connectivity index (χ1) is 19.3. The summed E-state index contributed by atoms with van der Waals surface area (Å²) in [7, 11) is 0. The highest BCUT2D eigenvalue weighted by Gasteiger charge is 2.36. The van der Waals surface area contributed by atoms with Gasteiger partial charge in [-0.05, 0) is 81.7 Å². The molecule has 2 aromatic rings. The Labute approximate surface area is 246 Å². The Morgan fingerprint density at radius 1 is 1.02 bits per heavy atom. The van der Waals surface area contributed by atoms with Crippen LogP contribution >= 0.6 is 0 Å². The minimum Gasteiger partial charge on any atom is -0.444 e. The molecule has 0 heterocycles. The predicted octanol–water partition coefficient (Wildman–Crippen LogP) is 7.58. The fourth-order valence-corrected chi connectivity index (χ4v) is 4.77. The van der Waals surface area contributed by atoms with Crippen LogP contribution < -0.4 is 10.6 Å². The lowest BCUT2D eigenvalue weighted by atomic mass is 9.97. The van der Waals surface area contributed by atoms with E-state index in [1.54, 1.807) is 31.7 Å². The van der Waals surface area contributed by atoms with Gasteiger partial charge in [-0.2, -0.15) is 0 Å². The summed E-state index contributed by atoms with van der Waals surface area (Å²) in [6, 6.07) is 11.6. The van der Waals surface area contributed by atoms with E-state index in [4.69, 9.17) is 4.74 Å². The molecule has 0 saturated carbocycles. The van der Waals surface area contributed by atoms with Crippen LogP contribution in [0.5, 0.6) is 0 Å². The molecule has 2 aromatic carbocycles. The highest BCUT2D eigenvalue weighted by Crippen LogP contribution is 2.29. The summed E-state index contributed by atoms with van der Waals surface area (Å²) in [4.78, 5) is 43.0.